The lowest BCUT2D eigenvalue weighted by atomic mass is 10.5. The van der Waals surface area contributed by atoms with E-state index in [4.69, 9.17) is 4.74 Å². The molecule has 7 heteroatoms. The molecule has 1 N–H and O–H groups in total. The second kappa shape index (κ2) is 5.78. The lowest BCUT2D eigenvalue weighted by Gasteiger charge is -2.06. The number of carbonyl (C=O) groups excluding carboxylic acids is 2. The largest absolute Gasteiger partial charge is 0.481 e. The highest BCUT2D eigenvalue weighted by Crippen LogP contribution is 2.12. The number of rotatable bonds is 4. The third kappa shape index (κ3) is 4.45. The van der Waals surface area contributed by atoms with Crippen molar-refractivity contribution in [2.75, 3.05) is 19.0 Å². The Balaban J connectivity index is 2.64. The van der Waals surface area contributed by atoms with E-state index in [-0.39, 0.29) is 6.61 Å². The van der Waals surface area contributed by atoms with Crippen LogP contribution in [-0.4, -0.2) is 35.6 Å². The van der Waals surface area contributed by atoms with Crippen molar-refractivity contribution in [2.45, 2.75) is 13.8 Å². The third-order valence-corrected chi connectivity index (χ3v) is 1.70. The van der Waals surface area contributed by atoms with Gasteiger partial charge in [-0.3, -0.25) is 9.59 Å². The summed E-state index contributed by atoms with van der Waals surface area (Å²) in [6.45, 7) is 2.55. The van der Waals surface area contributed by atoms with E-state index in [9.17, 15) is 9.59 Å². The fraction of sp³-hybridized carbons (Fsp3) is 0.400. The number of methoxy groups -OCH3 is 1. The second-order valence-electron chi connectivity index (χ2n) is 3.17. The molecule has 1 amide bonds. The van der Waals surface area contributed by atoms with Crippen molar-refractivity contribution in [3.63, 3.8) is 0 Å². The summed E-state index contributed by atoms with van der Waals surface area (Å²) in [5.74, 6) is 0.121. The molecule has 1 rings (SSSR count). The number of aryl methyl sites for hydroxylation is 1. The van der Waals surface area contributed by atoms with Gasteiger partial charge in [0.2, 0.25) is 5.88 Å². The number of nitrogens with zero attached hydrogens (tertiary/aromatic N) is 2. The molecule has 0 unspecified atom stereocenters. The van der Waals surface area contributed by atoms with Gasteiger partial charge in [-0.2, -0.15) is 4.98 Å². The predicted octanol–water partition coefficient (Wildman–Crippen LogP) is 0.295. The van der Waals surface area contributed by atoms with Crippen LogP contribution in [0.25, 0.3) is 0 Å². The van der Waals surface area contributed by atoms with Gasteiger partial charge in [0.15, 0.2) is 6.61 Å². The van der Waals surface area contributed by atoms with Crippen LogP contribution in [0.1, 0.15) is 12.7 Å². The highest BCUT2D eigenvalue weighted by molar-refractivity contribution is 5.91. The van der Waals surface area contributed by atoms with E-state index in [2.05, 4.69) is 20.0 Å². The maximum Gasteiger partial charge on any atom is 0.303 e. The number of ether oxygens (including phenoxy) is 2. The Labute approximate surface area is 98.2 Å². The van der Waals surface area contributed by atoms with Crippen molar-refractivity contribution >= 4 is 17.7 Å². The van der Waals surface area contributed by atoms with Crippen molar-refractivity contribution in [3.8, 4) is 5.88 Å². The van der Waals surface area contributed by atoms with Gasteiger partial charge < -0.3 is 14.8 Å². The van der Waals surface area contributed by atoms with Gasteiger partial charge in [-0.15, -0.1) is 0 Å². The van der Waals surface area contributed by atoms with Gasteiger partial charge in [0.25, 0.3) is 5.91 Å². The van der Waals surface area contributed by atoms with E-state index in [1.54, 1.807) is 6.92 Å². The van der Waals surface area contributed by atoms with Gasteiger partial charge in [-0.25, -0.2) is 4.98 Å². The average Bonchev–Trinajstić information content (AvgIpc) is 2.25. The summed E-state index contributed by atoms with van der Waals surface area (Å²) in [5.41, 5.74) is 0. The van der Waals surface area contributed by atoms with Crippen LogP contribution in [0.4, 0.5) is 5.82 Å². The zero-order valence-electron chi connectivity index (χ0n) is 9.81. The SMILES string of the molecule is COc1cc(NC(=O)COC(C)=O)nc(C)n1. The number of nitrogens with one attached hydrogen (secondary N) is 1. The molecule has 7 nitrogen and oxygen atoms in total. The fourth-order valence-corrected chi connectivity index (χ4v) is 1.06. The maximum atomic E-state index is 11.3. The van der Waals surface area contributed by atoms with Gasteiger partial charge in [0.05, 0.1) is 7.11 Å². The van der Waals surface area contributed by atoms with Gasteiger partial charge in [0, 0.05) is 13.0 Å². The summed E-state index contributed by atoms with van der Waals surface area (Å²) in [6, 6.07) is 1.47. The standard InChI is InChI=1S/C10H13N3O4/c1-6-11-8(4-10(12-6)16-3)13-9(15)5-17-7(2)14/h4H,5H2,1-3H3,(H,11,12,13,15). The zero-order chi connectivity index (χ0) is 12.8. The Morgan fingerprint density at radius 1 is 1.41 bits per heavy atom. The highest BCUT2D eigenvalue weighted by Gasteiger charge is 2.07. The van der Waals surface area contributed by atoms with Crippen LogP contribution < -0.4 is 10.1 Å². The lowest BCUT2D eigenvalue weighted by Crippen LogP contribution is -2.20. The molecule has 0 fully saturated rings. The first-order valence-corrected chi connectivity index (χ1v) is 4.84. The van der Waals surface area contributed by atoms with Crippen molar-refractivity contribution in [2.24, 2.45) is 0 Å². The predicted molar refractivity (Wildman–Crippen MR) is 58.6 cm³/mol. The zero-order valence-corrected chi connectivity index (χ0v) is 9.81. The summed E-state index contributed by atoms with van der Waals surface area (Å²) in [7, 11) is 1.46. The number of hydrogen-bond acceptors (Lipinski definition) is 6. The minimum Gasteiger partial charge on any atom is -0.481 e. The lowest BCUT2D eigenvalue weighted by molar-refractivity contribution is -0.144. The molecule has 92 valence electrons. The molecular formula is C10H13N3O4. The topological polar surface area (TPSA) is 90.4 Å². The van der Waals surface area contributed by atoms with Crippen LogP contribution in [0.5, 0.6) is 5.88 Å². The normalized spacial score (nSPS) is 9.59. The molecule has 0 radical (unpaired) electrons. The fourth-order valence-electron chi connectivity index (χ4n) is 1.06. The van der Waals surface area contributed by atoms with Gasteiger partial charge in [-0.1, -0.05) is 0 Å². The quantitative estimate of drug-likeness (QED) is 0.760. The van der Waals surface area contributed by atoms with Crippen molar-refractivity contribution in [1.82, 2.24) is 9.97 Å². The molecule has 0 aliphatic heterocycles. The van der Waals surface area contributed by atoms with E-state index in [1.807, 2.05) is 0 Å². The molecule has 0 aliphatic rings. The molecule has 1 heterocycles. The minimum absolute atomic E-state index is 0.298. The van der Waals surface area contributed by atoms with Crippen LogP contribution in [-0.2, 0) is 14.3 Å². The van der Waals surface area contributed by atoms with Crippen molar-refractivity contribution in [3.05, 3.63) is 11.9 Å². The average molecular weight is 239 g/mol. The molecule has 0 bridgehead atoms. The van der Waals surface area contributed by atoms with Crippen LogP contribution in [0, 0.1) is 6.92 Å². The van der Waals surface area contributed by atoms with E-state index < -0.39 is 11.9 Å². The summed E-state index contributed by atoms with van der Waals surface area (Å²) in [6.07, 6.45) is 0. The van der Waals surface area contributed by atoms with Crippen LogP contribution >= 0.6 is 0 Å². The molecule has 0 saturated carbocycles. The molecule has 0 aromatic carbocycles. The number of aromatic nitrogens is 2. The van der Waals surface area contributed by atoms with Gasteiger partial charge >= 0.3 is 5.97 Å². The van der Waals surface area contributed by atoms with Crippen molar-refractivity contribution < 1.29 is 19.1 Å². The Bertz CT molecular complexity index is 434. The number of esters is 1. The number of anilines is 1. The molecule has 0 aliphatic carbocycles. The second-order valence-corrected chi connectivity index (χ2v) is 3.17. The molecule has 17 heavy (non-hydrogen) atoms. The molecular weight excluding hydrogens is 226 g/mol. The summed E-state index contributed by atoms with van der Waals surface area (Å²) < 4.78 is 9.46. The Morgan fingerprint density at radius 3 is 2.71 bits per heavy atom. The first-order valence-electron chi connectivity index (χ1n) is 4.84. The Morgan fingerprint density at radius 2 is 2.12 bits per heavy atom. The Kier molecular flexibility index (Phi) is 4.38. The van der Waals surface area contributed by atoms with E-state index in [0.29, 0.717) is 17.5 Å². The molecule has 0 spiro atoms. The van der Waals surface area contributed by atoms with Gasteiger partial charge in [-0.05, 0) is 6.92 Å². The number of hydrogen-bond donors (Lipinski definition) is 1. The maximum absolute atomic E-state index is 11.3. The van der Waals surface area contributed by atoms with E-state index >= 15 is 0 Å². The Hall–Kier alpha value is -2.18. The first-order chi connectivity index (χ1) is 8.01. The van der Waals surface area contributed by atoms with Crippen LogP contribution in [0.2, 0.25) is 0 Å². The summed E-state index contributed by atoms with van der Waals surface area (Å²) >= 11 is 0. The van der Waals surface area contributed by atoms with Crippen LogP contribution in [0.15, 0.2) is 6.07 Å². The highest BCUT2D eigenvalue weighted by atomic mass is 16.5. The number of amides is 1. The molecule has 0 saturated heterocycles. The number of carbonyl (C=O) groups is 2. The third-order valence-electron chi connectivity index (χ3n) is 1.70. The summed E-state index contributed by atoms with van der Waals surface area (Å²) in [4.78, 5) is 29.8. The molecule has 1 aromatic rings. The van der Waals surface area contributed by atoms with Gasteiger partial charge in [0.1, 0.15) is 11.6 Å². The van der Waals surface area contributed by atoms with E-state index in [1.165, 1.54) is 20.1 Å². The first kappa shape index (κ1) is 12.9. The van der Waals surface area contributed by atoms with Crippen molar-refractivity contribution in [1.29, 1.82) is 0 Å². The minimum atomic E-state index is -0.517. The monoisotopic (exact) mass is 239 g/mol. The molecule has 0 atom stereocenters. The smallest absolute Gasteiger partial charge is 0.303 e. The molecule has 1 aromatic heterocycles. The van der Waals surface area contributed by atoms with E-state index in [0.717, 1.165) is 0 Å². The van der Waals surface area contributed by atoms with Crippen LogP contribution in [0.3, 0.4) is 0 Å². The summed E-state index contributed by atoms with van der Waals surface area (Å²) in [5, 5.41) is 2.47.